The second-order valence-corrected chi connectivity index (χ2v) is 7.15. The van der Waals surface area contributed by atoms with Gasteiger partial charge in [0, 0.05) is 32.3 Å². The van der Waals surface area contributed by atoms with Crippen LogP contribution in [-0.4, -0.2) is 60.1 Å². The van der Waals surface area contributed by atoms with Crippen LogP contribution in [0.2, 0.25) is 0 Å². The Hall–Kier alpha value is -2.15. The number of methoxy groups -OCH3 is 3. The van der Waals surface area contributed by atoms with Gasteiger partial charge in [0.2, 0.25) is 5.75 Å². The van der Waals surface area contributed by atoms with E-state index in [9.17, 15) is 0 Å². The van der Waals surface area contributed by atoms with Crippen molar-refractivity contribution in [2.24, 2.45) is 4.99 Å². The normalized spacial score (nSPS) is 15.1. The predicted octanol–water partition coefficient (Wildman–Crippen LogP) is 3.16. The van der Waals surface area contributed by atoms with E-state index in [1.165, 1.54) is 32.1 Å². The zero-order valence-corrected chi connectivity index (χ0v) is 18.4. The van der Waals surface area contributed by atoms with E-state index in [4.69, 9.17) is 18.9 Å². The number of hydrogen-bond acceptors (Lipinski definition) is 5. The van der Waals surface area contributed by atoms with E-state index >= 15 is 0 Å². The Morgan fingerprint density at radius 2 is 1.69 bits per heavy atom. The smallest absolute Gasteiger partial charge is 0.203 e. The predicted molar refractivity (Wildman–Crippen MR) is 117 cm³/mol. The molecule has 1 fully saturated rings. The maximum atomic E-state index is 5.97. The minimum atomic E-state index is 0.470. The van der Waals surface area contributed by atoms with Gasteiger partial charge in [-0.1, -0.05) is 25.3 Å². The van der Waals surface area contributed by atoms with Crippen LogP contribution in [0, 0.1) is 0 Å². The van der Waals surface area contributed by atoms with Crippen molar-refractivity contribution in [2.45, 2.75) is 51.0 Å². The third-order valence-corrected chi connectivity index (χ3v) is 5.22. The van der Waals surface area contributed by atoms with Crippen molar-refractivity contribution in [3.63, 3.8) is 0 Å². The third kappa shape index (κ3) is 7.31. The second kappa shape index (κ2) is 13.1. The minimum absolute atomic E-state index is 0.470. The highest BCUT2D eigenvalue weighted by Crippen LogP contribution is 2.39. The van der Waals surface area contributed by atoms with Gasteiger partial charge < -0.3 is 29.6 Å². The summed E-state index contributed by atoms with van der Waals surface area (Å²) in [5, 5.41) is 6.69. The molecule has 0 amide bonds. The lowest BCUT2D eigenvalue weighted by Gasteiger charge is -2.22. The van der Waals surface area contributed by atoms with Gasteiger partial charge in [-0.3, -0.25) is 4.99 Å². The van der Waals surface area contributed by atoms with Gasteiger partial charge in [-0.05, 0) is 31.7 Å². The first-order valence-electron chi connectivity index (χ1n) is 10.6. The van der Waals surface area contributed by atoms with E-state index in [0.29, 0.717) is 23.4 Å². The van der Waals surface area contributed by atoms with E-state index in [1.54, 1.807) is 28.4 Å². The van der Waals surface area contributed by atoms with Crippen LogP contribution in [0.4, 0.5) is 0 Å². The molecule has 1 saturated carbocycles. The van der Waals surface area contributed by atoms with Crippen molar-refractivity contribution in [3.8, 4) is 17.2 Å². The fourth-order valence-electron chi connectivity index (χ4n) is 3.66. The number of aliphatic imine (C=N–C) groups is 1. The van der Waals surface area contributed by atoms with Crippen molar-refractivity contribution in [2.75, 3.05) is 48.1 Å². The van der Waals surface area contributed by atoms with Crippen LogP contribution in [0.25, 0.3) is 0 Å². The summed E-state index contributed by atoms with van der Waals surface area (Å²) in [6.45, 7) is 2.37. The molecule has 29 heavy (non-hydrogen) atoms. The zero-order chi connectivity index (χ0) is 20.9. The Labute approximate surface area is 175 Å². The van der Waals surface area contributed by atoms with Crippen LogP contribution < -0.4 is 24.8 Å². The summed E-state index contributed by atoms with van der Waals surface area (Å²) in [7, 11) is 6.66. The minimum Gasteiger partial charge on any atom is -0.493 e. The van der Waals surface area contributed by atoms with Gasteiger partial charge in [0.1, 0.15) is 0 Å². The largest absolute Gasteiger partial charge is 0.493 e. The Kier molecular flexibility index (Phi) is 10.5. The van der Waals surface area contributed by atoms with E-state index in [2.05, 4.69) is 15.6 Å². The van der Waals surface area contributed by atoms with Crippen molar-refractivity contribution >= 4 is 5.96 Å². The molecule has 2 N–H and O–H groups in total. The van der Waals surface area contributed by atoms with Crippen LogP contribution in [0.1, 0.15) is 44.1 Å². The number of benzene rings is 1. The molecule has 7 nitrogen and oxygen atoms in total. The van der Waals surface area contributed by atoms with Crippen molar-refractivity contribution < 1.29 is 18.9 Å². The Morgan fingerprint density at radius 1 is 0.966 bits per heavy atom. The van der Waals surface area contributed by atoms with Crippen LogP contribution in [0.3, 0.4) is 0 Å². The molecule has 1 aliphatic rings. The molecule has 0 unspecified atom stereocenters. The summed E-state index contributed by atoms with van der Waals surface area (Å²) < 4.78 is 22.3. The molecule has 0 saturated heterocycles. The molecule has 0 aliphatic heterocycles. The number of ether oxygens (including phenoxy) is 4. The lowest BCUT2D eigenvalue weighted by molar-refractivity contribution is 0.0277. The van der Waals surface area contributed by atoms with E-state index < -0.39 is 0 Å². The van der Waals surface area contributed by atoms with Crippen LogP contribution in [0.5, 0.6) is 17.2 Å². The quantitative estimate of drug-likeness (QED) is 0.333. The summed E-state index contributed by atoms with van der Waals surface area (Å²) >= 11 is 0. The fourth-order valence-corrected chi connectivity index (χ4v) is 3.66. The molecular formula is C22H37N3O4. The molecule has 0 atom stereocenters. The first-order valence-corrected chi connectivity index (χ1v) is 10.6. The summed E-state index contributed by atoms with van der Waals surface area (Å²) in [4.78, 5) is 4.29. The molecule has 1 aromatic rings. The molecular weight excluding hydrogens is 370 g/mol. The maximum absolute atomic E-state index is 5.97. The number of rotatable bonds is 11. The monoisotopic (exact) mass is 407 g/mol. The van der Waals surface area contributed by atoms with Gasteiger partial charge in [0.25, 0.3) is 0 Å². The highest BCUT2D eigenvalue weighted by atomic mass is 16.5. The zero-order valence-electron chi connectivity index (χ0n) is 18.4. The van der Waals surface area contributed by atoms with Crippen LogP contribution >= 0.6 is 0 Å². The molecule has 2 rings (SSSR count). The Balaban J connectivity index is 1.71. The molecule has 7 heteroatoms. The van der Waals surface area contributed by atoms with Gasteiger partial charge in [-0.2, -0.15) is 0 Å². The molecule has 0 aromatic heterocycles. The summed E-state index contributed by atoms with van der Waals surface area (Å²) in [6, 6.07) is 3.90. The Morgan fingerprint density at radius 3 is 2.34 bits per heavy atom. The molecule has 164 valence electrons. The summed E-state index contributed by atoms with van der Waals surface area (Å²) in [6.07, 6.45) is 8.63. The van der Waals surface area contributed by atoms with Gasteiger partial charge in [0.05, 0.1) is 27.4 Å². The molecule has 0 spiro atoms. The average Bonchev–Trinajstić information content (AvgIpc) is 2.77. The number of nitrogens with zero attached hydrogens (tertiary/aromatic N) is 1. The van der Waals surface area contributed by atoms with E-state index in [-0.39, 0.29) is 0 Å². The number of hydrogen-bond donors (Lipinski definition) is 2. The van der Waals surface area contributed by atoms with Gasteiger partial charge in [0.15, 0.2) is 17.5 Å². The fraction of sp³-hybridized carbons (Fsp3) is 0.682. The summed E-state index contributed by atoms with van der Waals surface area (Å²) in [5.41, 5.74) is 1.05. The topological polar surface area (TPSA) is 73.3 Å². The molecule has 0 heterocycles. The first kappa shape index (κ1) is 23.1. The average molecular weight is 408 g/mol. The lowest BCUT2D eigenvalue weighted by atomic mass is 9.98. The van der Waals surface area contributed by atoms with Crippen molar-refractivity contribution in [1.29, 1.82) is 0 Å². The van der Waals surface area contributed by atoms with Crippen molar-refractivity contribution in [3.05, 3.63) is 17.7 Å². The number of nitrogens with one attached hydrogen (secondary N) is 2. The Bertz CT molecular complexity index is 631. The second-order valence-electron chi connectivity index (χ2n) is 7.15. The highest BCUT2D eigenvalue weighted by molar-refractivity contribution is 5.79. The van der Waals surface area contributed by atoms with Crippen LogP contribution in [0.15, 0.2) is 17.1 Å². The molecule has 0 bridgehead atoms. The molecule has 0 radical (unpaired) electrons. The van der Waals surface area contributed by atoms with Gasteiger partial charge >= 0.3 is 0 Å². The van der Waals surface area contributed by atoms with Gasteiger partial charge in [-0.25, -0.2) is 0 Å². The van der Waals surface area contributed by atoms with Crippen molar-refractivity contribution in [1.82, 2.24) is 10.6 Å². The highest BCUT2D eigenvalue weighted by Gasteiger charge is 2.16. The summed E-state index contributed by atoms with van der Waals surface area (Å²) in [5.74, 6) is 2.78. The van der Waals surface area contributed by atoms with Gasteiger partial charge in [-0.15, -0.1) is 0 Å². The first-order chi connectivity index (χ1) is 14.2. The SMILES string of the molecule is CN=C(NCCCOC1CCCCC1)NCCc1ccc(OC)c(OC)c1OC. The molecule has 1 aromatic carbocycles. The van der Waals surface area contributed by atoms with E-state index in [0.717, 1.165) is 44.1 Å². The van der Waals surface area contributed by atoms with Crippen LogP contribution in [-0.2, 0) is 11.2 Å². The lowest BCUT2D eigenvalue weighted by Crippen LogP contribution is -2.39. The van der Waals surface area contributed by atoms with E-state index in [1.807, 2.05) is 12.1 Å². The molecule has 1 aliphatic carbocycles. The third-order valence-electron chi connectivity index (χ3n) is 5.22. The maximum Gasteiger partial charge on any atom is 0.203 e. The standard InChI is InChI=1S/C22H37N3O4/c1-23-22(24-14-8-16-29-18-9-6-5-7-10-18)25-15-13-17-11-12-19(26-2)21(28-4)20(17)27-3/h11-12,18H,5-10,13-16H2,1-4H3,(H2,23,24,25). The number of guanidine groups is 1.